The number of anilines is 2. The molecule has 0 saturated carbocycles. The summed E-state index contributed by atoms with van der Waals surface area (Å²) in [6.07, 6.45) is 0. The Labute approximate surface area is 181 Å². The fourth-order valence-electron chi connectivity index (χ4n) is 2.87. The molecule has 0 aliphatic heterocycles. The molecular formula is C24H23ClN2O3. The molecule has 0 aromatic heterocycles. The zero-order valence-electron chi connectivity index (χ0n) is 17.0. The van der Waals surface area contributed by atoms with E-state index in [1.54, 1.807) is 67.8 Å². The van der Waals surface area contributed by atoms with Crippen LogP contribution in [-0.4, -0.2) is 18.9 Å². The molecule has 0 heterocycles. The lowest BCUT2D eigenvalue weighted by molar-refractivity contribution is -0.120. The van der Waals surface area contributed by atoms with Crippen LogP contribution in [0.4, 0.5) is 11.4 Å². The minimum absolute atomic E-state index is 0.153. The van der Waals surface area contributed by atoms with Crippen LogP contribution in [-0.2, 0) is 10.2 Å². The van der Waals surface area contributed by atoms with Crippen molar-refractivity contribution in [3.8, 4) is 5.75 Å². The number of halogens is 1. The second-order valence-electron chi connectivity index (χ2n) is 7.35. The molecular weight excluding hydrogens is 400 g/mol. The summed E-state index contributed by atoms with van der Waals surface area (Å²) in [7, 11) is 1.59. The highest BCUT2D eigenvalue weighted by molar-refractivity contribution is 6.30. The second kappa shape index (κ2) is 9.01. The number of rotatable bonds is 6. The van der Waals surface area contributed by atoms with Gasteiger partial charge in [0.15, 0.2) is 0 Å². The monoisotopic (exact) mass is 422 g/mol. The Kier molecular flexibility index (Phi) is 6.43. The van der Waals surface area contributed by atoms with Gasteiger partial charge in [-0.3, -0.25) is 9.59 Å². The molecule has 0 aliphatic carbocycles. The fraction of sp³-hybridized carbons (Fsp3) is 0.167. The summed E-state index contributed by atoms with van der Waals surface area (Å²) >= 11 is 5.94. The summed E-state index contributed by atoms with van der Waals surface area (Å²) in [6.45, 7) is 3.70. The van der Waals surface area contributed by atoms with Crippen LogP contribution < -0.4 is 15.4 Å². The maximum Gasteiger partial charge on any atom is 0.255 e. The third-order valence-electron chi connectivity index (χ3n) is 4.89. The number of amides is 2. The lowest BCUT2D eigenvalue weighted by Crippen LogP contribution is -2.34. The summed E-state index contributed by atoms with van der Waals surface area (Å²) in [5.74, 6) is 0.328. The molecule has 6 heteroatoms. The Morgan fingerprint density at radius 3 is 1.90 bits per heavy atom. The van der Waals surface area contributed by atoms with E-state index in [9.17, 15) is 9.59 Å². The maximum absolute atomic E-state index is 12.8. The van der Waals surface area contributed by atoms with Crippen LogP contribution in [0.5, 0.6) is 5.75 Å². The number of ether oxygens (including phenoxy) is 1. The molecule has 0 saturated heterocycles. The van der Waals surface area contributed by atoms with Gasteiger partial charge in [0.25, 0.3) is 5.91 Å². The fourth-order valence-corrected chi connectivity index (χ4v) is 2.99. The Morgan fingerprint density at radius 1 is 0.800 bits per heavy atom. The molecule has 0 atom stereocenters. The molecule has 0 aliphatic rings. The quantitative estimate of drug-likeness (QED) is 0.549. The Bertz CT molecular complexity index is 1030. The summed E-state index contributed by atoms with van der Waals surface area (Å²) < 4.78 is 5.11. The normalized spacial score (nSPS) is 10.9. The van der Waals surface area contributed by atoms with E-state index < -0.39 is 5.41 Å². The van der Waals surface area contributed by atoms with Crippen LogP contribution in [0.3, 0.4) is 0 Å². The van der Waals surface area contributed by atoms with E-state index in [1.807, 2.05) is 26.0 Å². The Balaban J connectivity index is 1.65. The van der Waals surface area contributed by atoms with Crippen molar-refractivity contribution in [1.29, 1.82) is 0 Å². The number of hydrogen-bond donors (Lipinski definition) is 2. The standard InChI is InChI=1S/C24H23ClN2O3/c1-24(2,17-6-8-18(25)9-7-17)23(29)27-20-10-4-16(5-11-20)22(28)26-19-12-14-21(30-3)15-13-19/h4-15H,1-3H3,(H,26,28)(H,27,29). The van der Waals surface area contributed by atoms with Gasteiger partial charge in [0.2, 0.25) is 5.91 Å². The summed E-state index contributed by atoms with van der Waals surface area (Å²) in [5.41, 5.74) is 1.89. The number of hydrogen-bond acceptors (Lipinski definition) is 3. The minimum atomic E-state index is -0.741. The van der Waals surface area contributed by atoms with Gasteiger partial charge in [0.05, 0.1) is 12.5 Å². The number of benzene rings is 3. The van der Waals surface area contributed by atoms with Crippen molar-refractivity contribution < 1.29 is 14.3 Å². The van der Waals surface area contributed by atoms with Crippen molar-refractivity contribution in [2.24, 2.45) is 0 Å². The Morgan fingerprint density at radius 2 is 1.33 bits per heavy atom. The van der Waals surface area contributed by atoms with Gasteiger partial charge in [-0.15, -0.1) is 0 Å². The van der Waals surface area contributed by atoms with E-state index in [0.29, 0.717) is 22.0 Å². The molecule has 0 spiro atoms. The lowest BCUT2D eigenvalue weighted by atomic mass is 9.83. The van der Waals surface area contributed by atoms with E-state index in [0.717, 1.165) is 11.3 Å². The van der Waals surface area contributed by atoms with Crippen LogP contribution in [0.15, 0.2) is 72.8 Å². The topological polar surface area (TPSA) is 67.4 Å². The van der Waals surface area contributed by atoms with Gasteiger partial charge in [0, 0.05) is 22.0 Å². The highest BCUT2D eigenvalue weighted by Gasteiger charge is 2.29. The van der Waals surface area contributed by atoms with Crippen molar-refractivity contribution in [3.63, 3.8) is 0 Å². The minimum Gasteiger partial charge on any atom is -0.497 e. The molecule has 2 amide bonds. The first-order chi connectivity index (χ1) is 14.3. The number of carbonyl (C=O) groups excluding carboxylic acids is 2. The average Bonchev–Trinajstić information content (AvgIpc) is 2.75. The second-order valence-corrected chi connectivity index (χ2v) is 7.78. The number of nitrogens with one attached hydrogen (secondary N) is 2. The first-order valence-electron chi connectivity index (χ1n) is 9.42. The van der Waals surface area contributed by atoms with Gasteiger partial charge in [-0.05, 0) is 80.1 Å². The van der Waals surface area contributed by atoms with E-state index >= 15 is 0 Å². The molecule has 0 bridgehead atoms. The van der Waals surface area contributed by atoms with Crippen molar-refractivity contribution in [2.75, 3.05) is 17.7 Å². The van der Waals surface area contributed by atoms with Gasteiger partial charge in [-0.2, -0.15) is 0 Å². The molecule has 3 aromatic rings. The zero-order chi connectivity index (χ0) is 21.7. The van der Waals surface area contributed by atoms with E-state index in [-0.39, 0.29) is 11.8 Å². The van der Waals surface area contributed by atoms with Gasteiger partial charge in [-0.25, -0.2) is 0 Å². The molecule has 3 aromatic carbocycles. The SMILES string of the molecule is COc1ccc(NC(=O)c2ccc(NC(=O)C(C)(C)c3ccc(Cl)cc3)cc2)cc1. The van der Waals surface area contributed by atoms with Crippen molar-refractivity contribution in [2.45, 2.75) is 19.3 Å². The molecule has 0 unspecified atom stereocenters. The van der Waals surface area contributed by atoms with Crippen molar-refractivity contribution >= 4 is 34.8 Å². The summed E-state index contributed by atoms with van der Waals surface area (Å²) in [6, 6.07) is 21.1. The first kappa shape index (κ1) is 21.4. The van der Waals surface area contributed by atoms with Gasteiger partial charge in [0.1, 0.15) is 5.75 Å². The predicted molar refractivity (Wildman–Crippen MR) is 120 cm³/mol. The van der Waals surface area contributed by atoms with Gasteiger partial charge in [-0.1, -0.05) is 23.7 Å². The molecule has 3 rings (SSSR count). The van der Waals surface area contributed by atoms with Crippen LogP contribution in [0, 0.1) is 0 Å². The lowest BCUT2D eigenvalue weighted by Gasteiger charge is -2.24. The van der Waals surface area contributed by atoms with E-state index in [4.69, 9.17) is 16.3 Å². The smallest absolute Gasteiger partial charge is 0.255 e. The molecule has 5 nitrogen and oxygen atoms in total. The van der Waals surface area contributed by atoms with Crippen LogP contribution >= 0.6 is 11.6 Å². The highest BCUT2D eigenvalue weighted by Crippen LogP contribution is 2.26. The predicted octanol–water partition coefficient (Wildman–Crippen LogP) is 5.52. The largest absolute Gasteiger partial charge is 0.497 e. The molecule has 154 valence electrons. The summed E-state index contributed by atoms with van der Waals surface area (Å²) in [4.78, 5) is 25.2. The molecule has 0 fully saturated rings. The third-order valence-corrected chi connectivity index (χ3v) is 5.14. The molecule has 2 N–H and O–H groups in total. The zero-order valence-corrected chi connectivity index (χ0v) is 17.8. The number of methoxy groups -OCH3 is 1. The maximum atomic E-state index is 12.8. The average molecular weight is 423 g/mol. The van der Waals surface area contributed by atoms with E-state index in [2.05, 4.69) is 10.6 Å². The van der Waals surface area contributed by atoms with Crippen molar-refractivity contribution in [1.82, 2.24) is 0 Å². The number of carbonyl (C=O) groups is 2. The van der Waals surface area contributed by atoms with Gasteiger partial charge >= 0.3 is 0 Å². The first-order valence-corrected chi connectivity index (χ1v) is 9.80. The van der Waals surface area contributed by atoms with Crippen LogP contribution in [0.25, 0.3) is 0 Å². The molecule has 0 radical (unpaired) electrons. The van der Waals surface area contributed by atoms with Gasteiger partial charge < -0.3 is 15.4 Å². The van der Waals surface area contributed by atoms with Crippen molar-refractivity contribution in [3.05, 3.63) is 88.9 Å². The van der Waals surface area contributed by atoms with Crippen LogP contribution in [0.1, 0.15) is 29.8 Å². The van der Waals surface area contributed by atoms with E-state index in [1.165, 1.54) is 0 Å². The summed E-state index contributed by atoms with van der Waals surface area (Å²) in [5, 5.41) is 6.36. The highest BCUT2D eigenvalue weighted by atomic mass is 35.5. The Hall–Kier alpha value is -3.31. The third kappa shape index (κ3) is 4.99. The van der Waals surface area contributed by atoms with Crippen LogP contribution in [0.2, 0.25) is 5.02 Å². The molecule has 30 heavy (non-hydrogen) atoms.